The molecule has 1 saturated heterocycles. The quantitative estimate of drug-likeness (QED) is 0.671. The Labute approximate surface area is 117 Å². The van der Waals surface area contributed by atoms with E-state index in [1.165, 1.54) is 12.3 Å². The minimum Gasteiger partial charge on any atom is -0.337 e. The number of likely N-dealkylation sites (tertiary alicyclic amines) is 1. The lowest BCUT2D eigenvalue weighted by atomic mass is 10.1. The van der Waals surface area contributed by atoms with Gasteiger partial charge in [-0.2, -0.15) is 0 Å². The number of nitrogens with two attached hydrogens (primary N) is 1. The second kappa shape index (κ2) is 5.62. The second-order valence-electron chi connectivity index (χ2n) is 5.47. The van der Waals surface area contributed by atoms with Crippen molar-refractivity contribution in [3.8, 4) is 0 Å². The van der Waals surface area contributed by atoms with E-state index in [2.05, 4.69) is 0 Å². The highest BCUT2D eigenvalue weighted by Crippen LogP contribution is 2.23. The van der Waals surface area contributed by atoms with Gasteiger partial charge in [-0.3, -0.25) is 14.9 Å². The summed E-state index contributed by atoms with van der Waals surface area (Å²) in [5.74, 6) is -0.154. The molecule has 0 aliphatic carbocycles. The smallest absolute Gasteiger partial charge is 0.287 e. The summed E-state index contributed by atoms with van der Waals surface area (Å²) in [5, 5.41) is 10.9. The van der Waals surface area contributed by atoms with E-state index < -0.39 is 4.92 Å². The molecule has 1 aromatic heterocycles. The van der Waals surface area contributed by atoms with E-state index in [4.69, 9.17) is 5.73 Å². The van der Waals surface area contributed by atoms with E-state index in [1.54, 1.807) is 9.47 Å². The van der Waals surface area contributed by atoms with Gasteiger partial charge in [0, 0.05) is 31.2 Å². The summed E-state index contributed by atoms with van der Waals surface area (Å²) < 4.78 is 1.66. The van der Waals surface area contributed by atoms with Crippen LogP contribution in [0.3, 0.4) is 0 Å². The molecule has 20 heavy (non-hydrogen) atoms. The minimum absolute atomic E-state index is 0.00491. The van der Waals surface area contributed by atoms with E-state index in [1.807, 2.05) is 13.8 Å². The Bertz CT molecular complexity index is 516. The molecule has 1 aromatic rings. The highest BCUT2D eigenvalue weighted by atomic mass is 16.6. The number of nitrogens with zero attached hydrogens (tertiary/aromatic N) is 3. The van der Waals surface area contributed by atoms with Crippen molar-refractivity contribution >= 4 is 11.6 Å². The van der Waals surface area contributed by atoms with Crippen LogP contribution in [0.25, 0.3) is 0 Å². The molecule has 7 heteroatoms. The predicted molar refractivity (Wildman–Crippen MR) is 74.6 cm³/mol. The van der Waals surface area contributed by atoms with Gasteiger partial charge in [0.2, 0.25) is 0 Å². The summed E-state index contributed by atoms with van der Waals surface area (Å²) >= 11 is 0. The number of hydrogen-bond donors (Lipinski definition) is 1. The third-order valence-electron chi connectivity index (χ3n) is 3.65. The number of carbonyl (C=O) groups excluding carboxylic acids is 1. The molecule has 110 valence electrons. The Morgan fingerprint density at radius 3 is 2.55 bits per heavy atom. The molecular formula is C13H20N4O3. The van der Waals surface area contributed by atoms with E-state index >= 15 is 0 Å². The zero-order chi connectivity index (χ0) is 14.9. The summed E-state index contributed by atoms with van der Waals surface area (Å²) in [5.41, 5.74) is 6.16. The van der Waals surface area contributed by atoms with E-state index in [-0.39, 0.29) is 23.7 Å². The van der Waals surface area contributed by atoms with Gasteiger partial charge in [-0.25, -0.2) is 0 Å². The van der Waals surface area contributed by atoms with Crippen LogP contribution in [0.15, 0.2) is 12.3 Å². The van der Waals surface area contributed by atoms with Crippen LogP contribution >= 0.6 is 0 Å². The van der Waals surface area contributed by atoms with Gasteiger partial charge in [-0.1, -0.05) is 0 Å². The Hall–Kier alpha value is -1.89. The maximum atomic E-state index is 12.5. The zero-order valence-electron chi connectivity index (χ0n) is 11.8. The van der Waals surface area contributed by atoms with Crippen LogP contribution in [0, 0.1) is 10.1 Å². The molecular weight excluding hydrogens is 260 g/mol. The fourth-order valence-corrected chi connectivity index (χ4v) is 2.43. The Kier molecular flexibility index (Phi) is 4.08. The lowest BCUT2D eigenvalue weighted by Crippen LogP contribution is -2.43. The fourth-order valence-electron chi connectivity index (χ4n) is 2.43. The van der Waals surface area contributed by atoms with E-state index in [0.29, 0.717) is 18.8 Å². The van der Waals surface area contributed by atoms with Crippen molar-refractivity contribution in [2.24, 2.45) is 5.73 Å². The van der Waals surface area contributed by atoms with Gasteiger partial charge >= 0.3 is 0 Å². The van der Waals surface area contributed by atoms with Gasteiger partial charge in [0.1, 0.15) is 5.69 Å². The summed E-state index contributed by atoms with van der Waals surface area (Å²) in [6.45, 7) is 5.01. The van der Waals surface area contributed by atoms with Crippen LogP contribution in [-0.2, 0) is 0 Å². The van der Waals surface area contributed by atoms with Crippen molar-refractivity contribution in [1.82, 2.24) is 9.47 Å². The normalized spacial score (nSPS) is 16.7. The average Bonchev–Trinajstić information content (AvgIpc) is 2.84. The first kappa shape index (κ1) is 14.5. The Morgan fingerprint density at radius 1 is 1.45 bits per heavy atom. The number of piperidine rings is 1. The molecule has 0 bridgehead atoms. The van der Waals surface area contributed by atoms with E-state index in [9.17, 15) is 14.9 Å². The van der Waals surface area contributed by atoms with Gasteiger partial charge in [-0.05, 0) is 26.7 Å². The van der Waals surface area contributed by atoms with Crippen LogP contribution in [-0.4, -0.2) is 39.4 Å². The number of rotatable bonds is 3. The third kappa shape index (κ3) is 2.82. The number of carbonyl (C=O) groups is 1. The average molecular weight is 280 g/mol. The number of aromatic nitrogens is 1. The third-order valence-corrected chi connectivity index (χ3v) is 3.65. The predicted octanol–water partition coefficient (Wildman–Crippen LogP) is 1.54. The van der Waals surface area contributed by atoms with Crippen molar-refractivity contribution in [2.75, 3.05) is 13.1 Å². The molecule has 0 saturated carbocycles. The Balaban J connectivity index is 2.26. The molecule has 0 atom stereocenters. The van der Waals surface area contributed by atoms with E-state index in [0.717, 1.165) is 12.8 Å². The molecule has 1 amide bonds. The largest absolute Gasteiger partial charge is 0.337 e. The lowest BCUT2D eigenvalue weighted by Gasteiger charge is -2.30. The maximum absolute atomic E-state index is 12.5. The van der Waals surface area contributed by atoms with Crippen molar-refractivity contribution < 1.29 is 9.72 Å². The Morgan fingerprint density at radius 2 is 2.05 bits per heavy atom. The minimum atomic E-state index is -0.470. The van der Waals surface area contributed by atoms with Crippen LogP contribution in [0.2, 0.25) is 0 Å². The van der Waals surface area contributed by atoms with Gasteiger partial charge in [-0.15, -0.1) is 0 Å². The van der Waals surface area contributed by atoms with Crippen LogP contribution in [0.5, 0.6) is 0 Å². The summed E-state index contributed by atoms with van der Waals surface area (Å²) in [4.78, 5) is 24.6. The molecule has 2 N–H and O–H groups in total. The molecule has 2 heterocycles. The molecule has 0 unspecified atom stereocenters. The molecule has 0 spiro atoms. The van der Waals surface area contributed by atoms with Crippen molar-refractivity contribution in [1.29, 1.82) is 0 Å². The molecule has 7 nitrogen and oxygen atoms in total. The fraction of sp³-hybridized carbons (Fsp3) is 0.615. The first-order valence-electron chi connectivity index (χ1n) is 6.81. The zero-order valence-corrected chi connectivity index (χ0v) is 11.8. The highest BCUT2D eigenvalue weighted by Gasteiger charge is 2.27. The maximum Gasteiger partial charge on any atom is 0.287 e. The van der Waals surface area contributed by atoms with Gasteiger partial charge in [0.15, 0.2) is 0 Å². The van der Waals surface area contributed by atoms with Gasteiger partial charge in [0.25, 0.3) is 11.6 Å². The number of hydrogen-bond acceptors (Lipinski definition) is 4. The van der Waals surface area contributed by atoms with Crippen molar-refractivity contribution in [3.05, 3.63) is 28.1 Å². The molecule has 0 aromatic carbocycles. The second-order valence-corrected chi connectivity index (χ2v) is 5.47. The van der Waals surface area contributed by atoms with Gasteiger partial charge in [0.05, 0.1) is 11.1 Å². The summed E-state index contributed by atoms with van der Waals surface area (Å²) in [6.07, 6.45) is 2.97. The standard InChI is InChI=1S/C13H20N4O3/c1-9(2)16-8-11(17(19)20)7-12(16)13(18)15-5-3-10(14)4-6-15/h7-10H,3-6,14H2,1-2H3. The molecule has 1 aliphatic rings. The molecule has 2 rings (SSSR count). The SMILES string of the molecule is CC(C)n1cc([N+](=O)[O-])cc1C(=O)N1CCC(N)CC1. The number of nitro groups is 1. The molecule has 1 aliphatic heterocycles. The van der Waals surface area contributed by atoms with Crippen LogP contribution in [0.1, 0.15) is 43.2 Å². The lowest BCUT2D eigenvalue weighted by molar-refractivity contribution is -0.384. The first-order chi connectivity index (χ1) is 9.40. The highest BCUT2D eigenvalue weighted by molar-refractivity contribution is 5.93. The summed E-state index contributed by atoms with van der Waals surface area (Å²) in [6, 6.07) is 1.50. The first-order valence-corrected chi connectivity index (χ1v) is 6.81. The topological polar surface area (TPSA) is 94.4 Å². The van der Waals surface area contributed by atoms with Crippen LogP contribution < -0.4 is 5.73 Å². The van der Waals surface area contributed by atoms with Gasteiger partial charge < -0.3 is 15.2 Å². The van der Waals surface area contributed by atoms with Crippen molar-refractivity contribution in [2.45, 2.75) is 38.8 Å². The monoisotopic (exact) mass is 280 g/mol. The summed E-state index contributed by atoms with van der Waals surface area (Å²) in [7, 11) is 0. The van der Waals surface area contributed by atoms with Crippen molar-refractivity contribution in [3.63, 3.8) is 0 Å². The molecule has 1 fully saturated rings. The molecule has 0 radical (unpaired) electrons. The number of amides is 1. The van der Waals surface area contributed by atoms with Crippen LogP contribution in [0.4, 0.5) is 5.69 Å².